The molecule has 2 rings (SSSR count). The quantitative estimate of drug-likeness (QED) is 0.741. The second kappa shape index (κ2) is 6.89. The molecule has 0 N–H and O–H groups in total. The number of nitrogens with zero attached hydrogens (tertiary/aromatic N) is 1. The number of hydrogen-bond acceptors (Lipinski definition) is 2. The van der Waals surface area contributed by atoms with Gasteiger partial charge in [0.25, 0.3) is 5.91 Å². The van der Waals surface area contributed by atoms with Crippen molar-refractivity contribution in [3.05, 3.63) is 20.8 Å². The smallest absolute Gasteiger partial charge is 0.264 e. The molecule has 0 spiro atoms. The van der Waals surface area contributed by atoms with Crippen molar-refractivity contribution in [2.24, 2.45) is 5.92 Å². The predicted molar refractivity (Wildman–Crippen MR) is 84.8 cm³/mol. The molecule has 4 heteroatoms. The lowest BCUT2D eigenvalue weighted by Gasteiger charge is -2.29. The van der Waals surface area contributed by atoms with Crippen LogP contribution in [0, 0.1) is 5.92 Å². The van der Waals surface area contributed by atoms with Gasteiger partial charge in [0.2, 0.25) is 0 Å². The first-order valence-electron chi connectivity index (χ1n) is 7.14. The SMILES string of the molecule is CC(C)CCN(C(=O)c1ccc(Br)s1)C1CCCC1. The lowest BCUT2D eigenvalue weighted by molar-refractivity contribution is 0.0677. The summed E-state index contributed by atoms with van der Waals surface area (Å²) < 4.78 is 1.03. The van der Waals surface area contributed by atoms with Gasteiger partial charge in [-0.15, -0.1) is 11.3 Å². The fraction of sp³-hybridized carbons (Fsp3) is 0.667. The molecule has 1 fully saturated rings. The van der Waals surface area contributed by atoms with Crippen molar-refractivity contribution in [3.63, 3.8) is 0 Å². The van der Waals surface area contributed by atoms with Crippen LogP contribution in [0.1, 0.15) is 55.6 Å². The van der Waals surface area contributed by atoms with Gasteiger partial charge in [-0.25, -0.2) is 0 Å². The van der Waals surface area contributed by atoms with E-state index in [0.29, 0.717) is 12.0 Å². The topological polar surface area (TPSA) is 20.3 Å². The molecule has 0 atom stereocenters. The largest absolute Gasteiger partial charge is 0.335 e. The van der Waals surface area contributed by atoms with Crippen molar-refractivity contribution in [1.82, 2.24) is 4.90 Å². The Kier molecular flexibility index (Phi) is 5.46. The monoisotopic (exact) mass is 343 g/mol. The molecule has 106 valence electrons. The number of amides is 1. The molecule has 1 aromatic rings. The van der Waals surface area contributed by atoms with Gasteiger partial charge >= 0.3 is 0 Å². The van der Waals surface area contributed by atoms with Crippen LogP contribution in [0.15, 0.2) is 15.9 Å². The van der Waals surface area contributed by atoms with E-state index >= 15 is 0 Å². The second-order valence-corrected chi connectivity index (χ2v) is 8.19. The molecular weight excluding hydrogens is 322 g/mol. The van der Waals surface area contributed by atoms with Crippen LogP contribution in [-0.4, -0.2) is 23.4 Å². The van der Waals surface area contributed by atoms with Gasteiger partial charge < -0.3 is 4.90 Å². The van der Waals surface area contributed by atoms with E-state index < -0.39 is 0 Å². The van der Waals surface area contributed by atoms with E-state index in [1.54, 1.807) is 11.3 Å². The minimum absolute atomic E-state index is 0.225. The van der Waals surface area contributed by atoms with Crippen LogP contribution in [0.25, 0.3) is 0 Å². The van der Waals surface area contributed by atoms with Gasteiger partial charge in [0.1, 0.15) is 0 Å². The number of thiophene rings is 1. The molecule has 0 saturated heterocycles. The summed E-state index contributed by atoms with van der Waals surface area (Å²) in [4.78, 5) is 15.7. The maximum absolute atomic E-state index is 12.7. The standard InChI is InChI=1S/C15H22BrNOS/c1-11(2)9-10-17(12-5-3-4-6-12)15(18)13-7-8-14(16)19-13/h7-8,11-12H,3-6,9-10H2,1-2H3. The molecule has 1 aromatic heterocycles. The Morgan fingerprint density at radius 1 is 1.42 bits per heavy atom. The summed E-state index contributed by atoms with van der Waals surface area (Å²) in [7, 11) is 0. The summed E-state index contributed by atoms with van der Waals surface area (Å²) in [6.45, 7) is 5.34. The van der Waals surface area contributed by atoms with Crippen molar-refractivity contribution >= 4 is 33.2 Å². The fourth-order valence-corrected chi connectivity index (χ4v) is 3.98. The van der Waals surface area contributed by atoms with Gasteiger partial charge in [-0.3, -0.25) is 4.79 Å². The Bertz CT molecular complexity index is 424. The van der Waals surface area contributed by atoms with Crippen LogP contribution < -0.4 is 0 Å². The number of rotatable bonds is 5. The molecule has 1 amide bonds. The van der Waals surface area contributed by atoms with Crippen LogP contribution in [0.4, 0.5) is 0 Å². The maximum Gasteiger partial charge on any atom is 0.264 e. The lowest BCUT2D eigenvalue weighted by atomic mass is 10.1. The molecule has 2 nitrogen and oxygen atoms in total. The first kappa shape index (κ1) is 15.0. The zero-order valence-electron chi connectivity index (χ0n) is 11.7. The first-order valence-corrected chi connectivity index (χ1v) is 8.75. The predicted octanol–water partition coefficient (Wildman–Crippen LogP) is 4.94. The molecule has 0 aliphatic heterocycles. The molecular formula is C15H22BrNOS. The summed E-state index contributed by atoms with van der Waals surface area (Å²) >= 11 is 4.99. The highest BCUT2D eigenvalue weighted by Gasteiger charge is 2.27. The van der Waals surface area contributed by atoms with Gasteiger partial charge in [-0.2, -0.15) is 0 Å². The molecule has 19 heavy (non-hydrogen) atoms. The van der Waals surface area contributed by atoms with Gasteiger partial charge in [-0.1, -0.05) is 26.7 Å². The highest BCUT2D eigenvalue weighted by atomic mass is 79.9. The zero-order chi connectivity index (χ0) is 13.8. The third-order valence-corrected chi connectivity index (χ3v) is 5.37. The minimum Gasteiger partial charge on any atom is -0.335 e. The third kappa shape index (κ3) is 4.06. The maximum atomic E-state index is 12.7. The second-order valence-electron chi connectivity index (χ2n) is 5.72. The average Bonchev–Trinajstić information content (AvgIpc) is 3.00. The molecule has 0 radical (unpaired) electrons. The Labute approximate surface area is 128 Å². The van der Waals surface area contributed by atoms with Crippen LogP contribution >= 0.6 is 27.3 Å². The summed E-state index contributed by atoms with van der Waals surface area (Å²) in [6.07, 6.45) is 5.98. The van der Waals surface area contributed by atoms with E-state index in [2.05, 4.69) is 34.7 Å². The van der Waals surface area contributed by atoms with Crippen LogP contribution in [-0.2, 0) is 0 Å². The Morgan fingerprint density at radius 3 is 2.63 bits per heavy atom. The highest BCUT2D eigenvalue weighted by Crippen LogP contribution is 2.28. The first-order chi connectivity index (χ1) is 9.08. The average molecular weight is 344 g/mol. The Hall–Kier alpha value is -0.350. The lowest BCUT2D eigenvalue weighted by Crippen LogP contribution is -2.39. The normalized spacial score (nSPS) is 16.2. The molecule has 0 aromatic carbocycles. The minimum atomic E-state index is 0.225. The van der Waals surface area contributed by atoms with Crippen molar-refractivity contribution in [2.45, 2.75) is 52.0 Å². The zero-order valence-corrected chi connectivity index (χ0v) is 14.1. The van der Waals surface area contributed by atoms with E-state index in [-0.39, 0.29) is 5.91 Å². The summed E-state index contributed by atoms with van der Waals surface area (Å²) in [5.74, 6) is 0.870. The molecule has 1 heterocycles. The van der Waals surface area contributed by atoms with Crippen molar-refractivity contribution < 1.29 is 4.79 Å². The molecule has 1 aliphatic carbocycles. The Balaban J connectivity index is 2.09. The van der Waals surface area contributed by atoms with Crippen molar-refractivity contribution in [3.8, 4) is 0 Å². The van der Waals surface area contributed by atoms with E-state index in [1.165, 1.54) is 25.7 Å². The van der Waals surface area contributed by atoms with Crippen molar-refractivity contribution in [1.29, 1.82) is 0 Å². The van der Waals surface area contributed by atoms with E-state index in [4.69, 9.17) is 0 Å². The highest BCUT2D eigenvalue weighted by molar-refractivity contribution is 9.11. The summed E-state index contributed by atoms with van der Waals surface area (Å²) in [6, 6.07) is 4.37. The van der Waals surface area contributed by atoms with Gasteiger partial charge in [0.15, 0.2) is 0 Å². The Morgan fingerprint density at radius 2 is 2.11 bits per heavy atom. The summed E-state index contributed by atoms with van der Waals surface area (Å²) in [5.41, 5.74) is 0. The number of carbonyl (C=O) groups is 1. The number of halogens is 1. The number of carbonyl (C=O) groups excluding carboxylic acids is 1. The van der Waals surface area contributed by atoms with Crippen LogP contribution in [0.2, 0.25) is 0 Å². The van der Waals surface area contributed by atoms with Crippen molar-refractivity contribution in [2.75, 3.05) is 6.54 Å². The third-order valence-electron chi connectivity index (χ3n) is 3.76. The van der Waals surface area contributed by atoms with E-state index in [1.807, 2.05) is 12.1 Å². The van der Waals surface area contributed by atoms with Crippen LogP contribution in [0.5, 0.6) is 0 Å². The van der Waals surface area contributed by atoms with Gasteiger partial charge in [0.05, 0.1) is 8.66 Å². The molecule has 1 aliphatic rings. The van der Waals surface area contributed by atoms with E-state index in [9.17, 15) is 4.79 Å². The summed E-state index contributed by atoms with van der Waals surface area (Å²) in [5, 5.41) is 0. The molecule has 0 bridgehead atoms. The number of hydrogen-bond donors (Lipinski definition) is 0. The molecule has 1 saturated carbocycles. The van der Waals surface area contributed by atoms with Gasteiger partial charge in [-0.05, 0) is 53.2 Å². The van der Waals surface area contributed by atoms with Gasteiger partial charge in [0, 0.05) is 12.6 Å². The fourth-order valence-electron chi connectivity index (χ4n) is 2.63. The van der Waals surface area contributed by atoms with E-state index in [0.717, 1.165) is 21.6 Å². The van der Waals surface area contributed by atoms with Crippen LogP contribution in [0.3, 0.4) is 0 Å². The molecule has 0 unspecified atom stereocenters.